The molecule has 22 heavy (non-hydrogen) atoms. The van der Waals surface area contributed by atoms with E-state index in [2.05, 4.69) is 4.98 Å². The fraction of sp³-hybridized carbons (Fsp3) is 0.312. The van der Waals surface area contributed by atoms with Gasteiger partial charge in [0.15, 0.2) is 5.78 Å². The summed E-state index contributed by atoms with van der Waals surface area (Å²) in [5, 5.41) is 0.603. The number of nitrogens with two attached hydrogens (primary N) is 2. The molecule has 0 saturated heterocycles. The van der Waals surface area contributed by atoms with Crippen molar-refractivity contribution in [2.24, 2.45) is 17.4 Å². The van der Waals surface area contributed by atoms with Crippen LogP contribution >= 0.6 is 0 Å². The Bertz CT molecular complexity index is 787. The van der Waals surface area contributed by atoms with Gasteiger partial charge in [-0.2, -0.15) is 0 Å². The molecule has 0 unspecified atom stereocenters. The van der Waals surface area contributed by atoms with Crippen molar-refractivity contribution >= 4 is 28.5 Å². The van der Waals surface area contributed by atoms with Crippen LogP contribution in [0.5, 0.6) is 0 Å². The minimum Gasteiger partial charge on any atom is -0.369 e. The van der Waals surface area contributed by atoms with Crippen LogP contribution in [0, 0.1) is 5.92 Å². The molecule has 3 rings (SSSR count). The Morgan fingerprint density at radius 3 is 2.50 bits per heavy atom. The van der Waals surface area contributed by atoms with Crippen LogP contribution in [-0.2, 0) is 11.2 Å². The lowest BCUT2D eigenvalue weighted by atomic mass is 10.0. The van der Waals surface area contributed by atoms with Gasteiger partial charge >= 0.3 is 0 Å². The normalized spacial score (nSPS) is 14.2. The average Bonchev–Trinajstić information content (AvgIpc) is 3.16. The van der Waals surface area contributed by atoms with Crippen molar-refractivity contribution in [2.75, 3.05) is 0 Å². The van der Waals surface area contributed by atoms with Gasteiger partial charge in [0.25, 0.3) is 5.91 Å². The molecule has 0 spiro atoms. The third-order valence-corrected chi connectivity index (χ3v) is 3.97. The number of Topliss-reactive ketones (excluding diaryl/α,β-unsaturated/α-hetero) is 1. The summed E-state index contributed by atoms with van der Waals surface area (Å²) < 4.78 is 0. The molecule has 6 heteroatoms. The van der Waals surface area contributed by atoms with Gasteiger partial charge < -0.3 is 16.5 Å². The Morgan fingerprint density at radius 2 is 1.91 bits per heavy atom. The molecule has 2 aromatic rings. The molecular formula is C16H17N3O3. The number of ketones is 1. The molecule has 1 aromatic heterocycles. The van der Waals surface area contributed by atoms with Gasteiger partial charge in [0.1, 0.15) is 0 Å². The molecule has 6 nitrogen and oxygen atoms in total. The van der Waals surface area contributed by atoms with Crippen molar-refractivity contribution in [3.05, 3.63) is 35.0 Å². The Kier molecular flexibility index (Phi) is 3.44. The van der Waals surface area contributed by atoms with Crippen LogP contribution in [-0.4, -0.2) is 22.6 Å². The van der Waals surface area contributed by atoms with Crippen LogP contribution in [0.2, 0.25) is 0 Å². The summed E-state index contributed by atoms with van der Waals surface area (Å²) in [5.74, 6) is -0.576. The molecule has 0 aliphatic heterocycles. The first-order valence-electron chi connectivity index (χ1n) is 7.21. The summed E-state index contributed by atoms with van der Waals surface area (Å²) >= 11 is 0. The van der Waals surface area contributed by atoms with Crippen LogP contribution in [0.25, 0.3) is 10.9 Å². The van der Waals surface area contributed by atoms with Gasteiger partial charge in [-0.25, -0.2) is 0 Å². The molecule has 1 aromatic carbocycles. The van der Waals surface area contributed by atoms with Gasteiger partial charge in [-0.1, -0.05) is 12.1 Å². The molecule has 2 amide bonds. The first-order valence-corrected chi connectivity index (χ1v) is 7.21. The van der Waals surface area contributed by atoms with E-state index in [1.54, 1.807) is 18.2 Å². The van der Waals surface area contributed by atoms with E-state index >= 15 is 0 Å². The third-order valence-electron chi connectivity index (χ3n) is 3.97. The number of benzene rings is 1. The summed E-state index contributed by atoms with van der Waals surface area (Å²) in [6, 6.07) is 5.09. The largest absolute Gasteiger partial charge is 0.369 e. The number of aromatic amines is 1. The van der Waals surface area contributed by atoms with E-state index in [0.717, 1.165) is 12.8 Å². The van der Waals surface area contributed by atoms with E-state index in [4.69, 9.17) is 11.5 Å². The Balaban J connectivity index is 2.02. The maximum atomic E-state index is 12.2. The maximum absolute atomic E-state index is 12.2. The van der Waals surface area contributed by atoms with Crippen LogP contribution in [0.4, 0.5) is 0 Å². The third kappa shape index (κ3) is 2.72. The second-order valence-corrected chi connectivity index (χ2v) is 5.82. The highest BCUT2D eigenvalue weighted by atomic mass is 16.1. The zero-order chi connectivity index (χ0) is 15.9. The standard InChI is InChI=1S/C16H17N3O3/c17-14(21)7-12-15(16(18)22)10-4-3-9(6-11(10)19-12)13(20)5-8-1-2-8/h3-4,6,8,19H,1-2,5,7H2,(H2,17,21)(H2,18,22). The molecular weight excluding hydrogens is 282 g/mol. The lowest BCUT2D eigenvalue weighted by Gasteiger charge is -2.01. The molecule has 1 aliphatic carbocycles. The quantitative estimate of drug-likeness (QED) is 0.697. The fourth-order valence-corrected chi connectivity index (χ4v) is 2.72. The second-order valence-electron chi connectivity index (χ2n) is 5.82. The number of primary amides is 2. The maximum Gasteiger partial charge on any atom is 0.251 e. The topological polar surface area (TPSA) is 119 Å². The van der Waals surface area contributed by atoms with E-state index in [-0.39, 0.29) is 17.8 Å². The van der Waals surface area contributed by atoms with Crippen LogP contribution < -0.4 is 11.5 Å². The van der Waals surface area contributed by atoms with Crippen molar-refractivity contribution in [1.82, 2.24) is 4.98 Å². The van der Waals surface area contributed by atoms with Crippen molar-refractivity contribution in [1.29, 1.82) is 0 Å². The Labute approximate surface area is 126 Å². The molecule has 5 N–H and O–H groups in total. The minimum absolute atomic E-state index is 0.0936. The van der Waals surface area contributed by atoms with Crippen molar-refractivity contribution < 1.29 is 14.4 Å². The molecule has 1 heterocycles. The van der Waals surface area contributed by atoms with Gasteiger partial charge in [0.05, 0.1) is 12.0 Å². The summed E-state index contributed by atoms with van der Waals surface area (Å²) in [4.78, 5) is 37.9. The number of hydrogen-bond acceptors (Lipinski definition) is 3. The minimum atomic E-state index is -0.625. The van der Waals surface area contributed by atoms with Crippen molar-refractivity contribution in [3.63, 3.8) is 0 Å². The molecule has 0 atom stereocenters. The number of H-pyrrole nitrogens is 1. The van der Waals surface area contributed by atoms with Crippen LogP contribution in [0.3, 0.4) is 0 Å². The summed E-state index contributed by atoms with van der Waals surface area (Å²) in [6.07, 6.45) is 2.69. The van der Waals surface area contributed by atoms with E-state index in [1.807, 2.05) is 0 Å². The first-order chi connectivity index (χ1) is 10.5. The summed E-state index contributed by atoms with van der Waals surface area (Å²) in [7, 11) is 0. The molecule has 1 saturated carbocycles. The zero-order valence-electron chi connectivity index (χ0n) is 12.0. The van der Waals surface area contributed by atoms with Gasteiger partial charge in [0.2, 0.25) is 5.91 Å². The number of carbonyl (C=O) groups excluding carboxylic acids is 3. The van der Waals surface area contributed by atoms with E-state index in [0.29, 0.717) is 34.5 Å². The highest BCUT2D eigenvalue weighted by Gasteiger charge is 2.25. The van der Waals surface area contributed by atoms with Gasteiger partial charge in [0, 0.05) is 28.6 Å². The smallest absolute Gasteiger partial charge is 0.251 e. The SMILES string of the molecule is NC(=O)Cc1[nH]c2cc(C(=O)CC3CC3)ccc2c1C(N)=O. The summed E-state index contributed by atoms with van der Waals surface area (Å²) in [5.41, 5.74) is 12.5. The number of rotatable bonds is 6. The van der Waals surface area contributed by atoms with Crippen molar-refractivity contribution in [3.8, 4) is 0 Å². The molecule has 1 fully saturated rings. The molecule has 1 aliphatic rings. The number of nitrogens with one attached hydrogen (secondary N) is 1. The van der Waals surface area contributed by atoms with E-state index in [1.165, 1.54) is 0 Å². The lowest BCUT2D eigenvalue weighted by Crippen LogP contribution is -2.18. The van der Waals surface area contributed by atoms with Gasteiger partial charge in [-0.15, -0.1) is 0 Å². The summed E-state index contributed by atoms with van der Waals surface area (Å²) in [6.45, 7) is 0. The highest BCUT2D eigenvalue weighted by Crippen LogP contribution is 2.34. The predicted octanol–water partition coefficient (Wildman–Crippen LogP) is 1.28. The van der Waals surface area contributed by atoms with Crippen LogP contribution in [0.15, 0.2) is 18.2 Å². The Hall–Kier alpha value is -2.63. The number of aromatic nitrogens is 1. The van der Waals surface area contributed by atoms with Crippen molar-refractivity contribution in [2.45, 2.75) is 25.7 Å². The fourth-order valence-electron chi connectivity index (χ4n) is 2.72. The monoisotopic (exact) mass is 299 g/mol. The number of hydrogen-bond donors (Lipinski definition) is 3. The molecule has 0 bridgehead atoms. The Morgan fingerprint density at radius 1 is 1.18 bits per heavy atom. The predicted molar refractivity (Wildman–Crippen MR) is 81.4 cm³/mol. The van der Waals surface area contributed by atoms with Gasteiger partial charge in [-0.3, -0.25) is 14.4 Å². The number of carbonyl (C=O) groups is 3. The second kappa shape index (κ2) is 5.29. The van der Waals surface area contributed by atoms with E-state index < -0.39 is 11.8 Å². The average molecular weight is 299 g/mol. The number of amides is 2. The lowest BCUT2D eigenvalue weighted by molar-refractivity contribution is -0.117. The first kappa shape index (κ1) is 14.3. The van der Waals surface area contributed by atoms with Gasteiger partial charge in [-0.05, 0) is 24.8 Å². The number of fused-ring (bicyclic) bond motifs is 1. The highest BCUT2D eigenvalue weighted by molar-refractivity contribution is 6.09. The van der Waals surface area contributed by atoms with Crippen LogP contribution in [0.1, 0.15) is 45.7 Å². The molecule has 0 radical (unpaired) electrons. The zero-order valence-corrected chi connectivity index (χ0v) is 12.0. The molecule has 114 valence electrons. The van der Waals surface area contributed by atoms with E-state index in [9.17, 15) is 14.4 Å².